The lowest BCUT2D eigenvalue weighted by Crippen LogP contribution is -1.98. The van der Waals surface area contributed by atoms with Gasteiger partial charge in [0.25, 0.3) is 0 Å². The van der Waals surface area contributed by atoms with Gasteiger partial charge in [-0.1, -0.05) is 12.1 Å². The molecule has 0 unspecified atom stereocenters. The number of anilines is 1. The molecule has 2 N–H and O–H groups in total. The zero-order chi connectivity index (χ0) is 13.1. The molecular formula is C13H14BrN3S. The van der Waals surface area contributed by atoms with Crippen molar-refractivity contribution in [2.75, 3.05) is 19.8 Å². The predicted octanol–water partition coefficient (Wildman–Crippen LogP) is 3.66. The number of hydrogen-bond donors (Lipinski definition) is 1. The minimum absolute atomic E-state index is 0.547. The largest absolute Gasteiger partial charge is 0.383 e. The topological polar surface area (TPSA) is 42.2 Å². The highest BCUT2D eigenvalue weighted by Gasteiger charge is 2.05. The molecule has 94 valence electrons. The number of aromatic nitrogens is 1. The Morgan fingerprint density at radius 3 is 2.50 bits per heavy atom. The summed E-state index contributed by atoms with van der Waals surface area (Å²) in [6, 6.07) is 10.3. The third kappa shape index (κ3) is 3.25. The normalized spacial score (nSPS) is 10.9. The van der Waals surface area contributed by atoms with Gasteiger partial charge in [-0.25, -0.2) is 4.98 Å². The Hall–Kier alpha value is -1.04. The Morgan fingerprint density at radius 2 is 1.89 bits per heavy atom. The monoisotopic (exact) mass is 323 g/mol. The summed E-state index contributed by atoms with van der Waals surface area (Å²) in [6.07, 6.45) is 1.70. The van der Waals surface area contributed by atoms with Crippen LogP contribution in [0.2, 0.25) is 0 Å². The van der Waals surface area contributed by atoms with Gasteiger partial charge in [0.05, 0.1) is 0 Å². The number of halogens is 1. The lowest BCUT2D eigenvalue weighted by atomic mass is 10.1. The third-order valence-electron chi connectivity index (χ3n) is 2.34. The SMILES string of the molecule is CN(C)Sc1ccc(-c2cc(Br)cnc2N)cc1. The van der Waals surface area contributed by atoms with Crippen molar-refractivity contribution >= 4 is 33.7 Å². The van der Waals surface area contributed by atoms with Gasteiger partial charge in [-0.15, -0.1) is 0 Å². The number of nitrogens with zero attached hydrogens (tertiary/aromatic N) is 2. The van der Waals surface area contributed by atoms with Crippen molar-refractivity contribution in [2.24, 2.45) is 0 Å². The molecule has 0 aliphatic heterocycles. The molecule has 1 aromatic carbocycles. The average Bonchev–Trinajstić information content (AvgIpc) is 2.33. The van der Waals surface area contributed by atoms with Gasteiger partial charge < -0.3 is 5.73 Å². The quantitative estimate of drug-likeness (QED) is 0.875. The fourth-order valence-corrected chi connectivity index (χ4v) is 2.60. The van der Waals surface area contributed by atoms with Crippen molar-refractivity contribution in [3.63, 3.8) is 0 Å². The molecule has 0 saturated heterocycles. The van der Waals surface area contributed by atoms with Gasteiger partial charge in [0, 0.05) is 21.1 Å². The lowest BCUT2D eigenvalue weighted by molar-refractivity contribution is 0.702. The van der Waals surface area contributed by atoms with Crippen LogP contribution in [0.5, 0.6) is 0 Å². The van der Waals surface area contributed by atoms with E-state index in [1.165, 1.54) is 4.90 Å². The van der Waals surface area contributed by atoms with E-state index in [0.29, 0.717) is 5.82 Å². The van der Waals surface area contributed by atoms with Crippen molar-refractivity contribution < 1.29 is 0 Å². The second-order valence-electron chi connectivity index (χ2n) is 4.01. The van der Waals surface area contributed by atoms with Crippen molar-refractivity contribution in [1.29, 1.82) is 0 Å². The van der Waals surface area contributed by atoms with Gasteiger partial charge >= 0.3 is 0 Å². The molecule has 18 heavy (non-hydrogen) atoms. The summed E-state index contributed by atoms with van der Waals surface area (Å²) in [5, 5.41) is 0. The Morgan fingerprint density at radius 1 is 1.22 bits per heavy atom. The zero-order valence-corrected chi connectivity index (χ0v) is 12.6. The summed E-state index contributed by atoms with van der Waals surface area (Å²) in [7, 11) is 4.05. The summed E-state index contributed by atoms with van der Waals surface area (Å²) in [5.74, 6) is 0.547. The van der Waals surface area contributed by atoms with E-state index >= 15 is 0 Å². The molecule has 0 aliphatic carbocycles. The number of rotatable bonds is 3. The summed E-state index contributed by atoms with van der Waals surface area (Å²) < 4.78 is 2.99. The summed E-state index contributed by atoms with van der Waals surface area (Å²) in [5.41, 5.74) is 7.92. The highest BCUT2D eigenvalue weighted by Crippen LogP contribution is 2.29. The van der Waals surface area contributed by atoms with Crippen LogP contribution in [0.25, 0.3) is 11.1 Å². The Balaban J connectivity index is 2.31. The van der Waals surface area contributed by atoms with E-state index in [9.17, 15) is 0 Å². The number of benzene rings is 1. The first kappa shape index (κ1) is 13.4. The molecule has 0 fully saturated rings. The molecule has 3 nitrogen and oxygen atoms in total. The van der Waals surface area contributed by atoms with Crippen LogP contribution in [0.4, 0.5) is 5.82 Å². The van der Waals surface area contributed by atoms with Crippen molar-refractivity contribution in [3.8, 4) is 11.1 Å². The maximum absolute atomic E-state index is 5.89. The minimum atomic E-state index is 0.547. The maximum atomic E-state index is 5.89. The average molecular weight is 324 g/mol. The van der Waals surface area contributed by atoms with Crippen LogP contribution in [0.15, 0.2) is 45.9 Å². The zero-order valence-electron chi connectivity index (χ0n) is 10.2. The number of nitrogens with two attached hydrogens (primary N) is 1. The van der Waals surface area contributed by atoms with Crippen LogP contribution in [0.3, 0.4) is 0 Å². The van der Waals surface area contributed by atoms with Crippen molar-refractivity contribution in [1.82, 2.24) is 9.29 Å². The maximum Gasteiger partial charge on any atom is 0.131 e. The molecular weight excluding hydrogens is 310 g/mol. The van der Waals surface area contributed by atoms with Gasteiger partial charge in [-0.05, 0) is 65.7 Å². The van der Waals surface area contributed by atoms with E-state index in [-0.39, 0.29) is 0 Å². The minimum Gasteiger partial charge on any atom is -0.383 e. The molecule has 0 spiro atoms. The van der Waals surface area contributed by atoms with Crippen molar-refractivity contribution in [3.05, 3.63) is 41.0 Å². The Labute approximate surface area is 120 Å². The highest BCUT2D eigenvalue weighted by molar-refractivity contribution is 9.10. The first-order chi connectivity index (χ1) is 8.56. The van der Waals surface area contributed by atoms with E-state index in [1.54, 1.807) is 18.1 Å². The second-order valence-corrected chi connectivity index (χ2v) is 6.31. The van der Waals surface area contributed by atoms with E-state index < -0.39 is 0 Å². The van der Waals surface area contributed by atoms with Crippen LogP contribution in [0.1, 0.15) is 0 Å². The van der Waals surface area contributed by atoms with Gasteiger partial charge in [0.15, 0.2) is 0 Å². The number of nitrogen functional groups attached to an aromatic ring is 1. The van der Waals surface area contributed by atoms with E-state index in [0.717, 1.165) is 15.6 Å². The van der Waals surface area contributed by atoms with Crippen LogP contribution in [0, 0.1) is 0 Å². The first-order valence-corrected chi connectivity index (χ1v) is 6.99. The number of pyridine rings is 1. The molecule has 5 heteroatoms. The van der Waals surface area contributed by atoms with Crippen LogP contribution < -0.4 is 5.73 Å². The van der Waals surface area contributed by atoms with Gasteiger partial charge in [0.1, 0.15) is 5.82 Å². The Kier molecular flexibility index (Phi) is 4.27. The molecule has 1 heterocycles. The molecule has 2 aromatic rings. The lowest BCUT2D eigenvalue weighted by Gasteiger charge is -2.10. The molecule has 2 rings (SSSR count). The third-order valence-corrected chi connectivity index (χ3v) is 3.62. The fraction of sp³-hybridized carbons (Fsp3) is 0.154. The fourth-order valence-electron chi connectivity index (χ4n) is 1.59. The standard InChI is InChI=1S/C13H14BrN3S/c1-17(2)18-11-5-3-9(4-6-11)12-7-10(14)8-16-13(12)15/h3-8H,1-2H3,(H2,15,16). The molecule has 0 bridgehead atoms. The first-order valence-electron chi connectivity index (χ1n) is 5.43. The smallest absolute Gasteiger partial charge is 0.131 e. The van der Waals surface area contributed by atoms with Crippen LogP contribution in [-0.2, 0) is 0 Å². The molecule has 0 aliphatic rings. The van der Waals surface area contributed by atoms with E-state index in [1.807, 2.05) is 20.2 Å². The second kappa shape index (κ2) is 5.73. The summed E-state index contributed by atoms with van der Waals surface area (Å²) in [6.45, 7) is 0. The highest BCUT2D eigenvalue weighted by atomic mass is 79.9. The van der Waals surface area contributed by atoms with E-state index in [2.05, 4.69) is 49.5 Å². The van der Waals surface area contributed by atoms with Crippen LogP contribution >= 0.6 is 27.9 Å². The van der Waals surface area contributed by atoms with Crippen LogP contribution in [-0.4, -0.2) is 23.4 Å². The molecule has 0 amide bonds. The van der Waals surface area contributed by atoms with Gasteiger partial charge in [0.2, 0.25) is 0 Å². The summed E-state index contributed by atoms with van der Waals surface area (Å²) in [4.78, 5) is 5.34. The molecule has 1 aromatic heterocycles. The summed E-state index contributed by atoms with van der Waals surface area (Å²) >= 11 is 5.10. The number of hydrogen-bond acceptors (Lipinski definition) is 4. The van der Waals surface area contributed by atoms with Gasteiger partial charge in [-0.2, -0.15) is 0 Å². The van der Waals surface area contributed by atoms with Gasteiger partial charge in [-0.3, -0.25) is 4.31 Å². The molecule has 0 radical (unpaired) electrons. The van der Waals surface area contributed by atoms with Crippen molar-refractivity contribution in [2.45, 2.75) is 4.90 Å². The molecule has 0 saturated carbocycles. The van der Waals surface area contributed by atoms with E-state index in [4.69, 9.17) is 5.73 Å². The predicted molar refractivity (Wildman–Crippen MR) is 81.3 cm³/mol. The Bertz CT molecular complexity index is 540. The molecule has 0 atom stereocenters.